The van der Waals surface area contributed by atoms with Gasteiger partial charge in [-0.3, -0.25) is 9.10 Å². The second kappa shape index (κ2) is 9.61. The Morgan fingerprint density at radius 2 is 1.82 bits per heavy atom. The van der Waals surface area contributed by atoms with E-state index in [4.69, 9.17) is 16.3 Å². The van der Waals surface area contributed by atoms with Crippen LogP contribution in [-0.4, -0.2) is 33.2 Å². The molecule has 2 aromatic carbocycles. The second-order valence-electron chi connectivity index (χ2n) is 6.07. The Morgan fingerprint density at radius 3 is 2.32 bits per heavy atom. The first-order chi connectivity index (χ1) is 13.3. The largest absolute Gasteiger partial charge is 0.490 e. The number of ether oxygens (including phenoxy) is 1. The van der Waals surface area contributed by atoms with Crippen LogP contribution in [0.5, 0.6) is 5.75 Å². The van der Waals surface area contributed by atoms with Crippen LogP contribution >= 0.6 is 11.6 Å². The lowest BCUT2D eigenvalue weighted by Crippen LogP contribution is -2.46. The number of rotatable bonds is 9. The third-order valence-electron chi connectivity index (χ3n) is 3.90. The molecule has 6 nitrogen and oxygen atoms in total. The van der Waals surface area contributed by atoms with Gasteiger partial charge in [0, 0.05) is 10.7 Å². The molecule has 2 rings (SSSR count). The van der Waals surface area contributed by atoms with Gasteiger partial charge in [0.1, 0.15) is 18.4 Å². The summed E-state index contributed by atoms with van der Waals surface area (Å²) in [6, 6.07) is 12.2. The van der Waals surface area contributed by atoms with Crippen molar-refractivity contribution in [2.45, 2.75) is 19.4 Å². The van der Waals surface area contributed by atoms with Gasteiger partial charge in [-0.15, -0.1) is 0 Å². The Bertz CT molecular complexity index is 912. The lowest BCUT2D eigenvalue weighted by Gasteiger charge is -2.30. The van der Waals surface area contributed by atoms with Gasteiger partial charge in [0.05, 0.1) is 11.9 Å². The van der Waals surface area contributed by atoms with E-state index >= 15 is 0 Å². The van der Waals surface area contributed by atoms with Crippen molar-refractivity contribution >= 4 is 38.9 Å². The zero-order chi connectivity index (χ0) is 20.7. The van der Waals surface area contributed by atoms with Crippen molar-refractivity contribution in [3.05, 3.63) is 66.2 Å². The highest BCUT2D eigenvalue weighted by Gasteiger charge is 2.31. The fraction of sp³-hybridized carbons (Fsp3) is 0.250. The zero-order valence-electron chi connectivity index (χ0n) is 15.8. The van der Waals surface area contributed by atoms with Crippen molar-refractivity contribution in [2.24, 2.45) is 0 Å². The number of anilines is 2. The Morgan fingerprint density at radius 1 is 1.21 bits per heavy atom. The summed E-state index contributed by atoms with van der Waals surface area (Å²) in [5, 5.41) is 3.24. The van der Waals surface area contributed by atoms with E-state index in [-0.39, 0.29) is 0 Å². The molecule has 0 heterocycles. The van der Waals surface area contributed by atoms with Crippen LogP contribution in [0.2, 0.25) is 5.02 Å². The predicted octanol–water partition coefficient (Wildman–Crippen LogP) is 4.09. The van der Waals surface area contributed by atoms with E-state index in [9.17, 15) is 13.2 Å². The molecule has 0 aliphatic rings. The summed E-state index contributed by atoms with van der Waals surface area (Å²) in [6.07, 6.45) is 3.00. The summed E-state index contributed by atoms with van der Waals surface area (Å²) < 4.78 is 31.3. The maximum Gasteiger partial charge on any atom is 0.248 e. The monoisotopic (exact) mass is 422 g/mol. The van der Waals surface area contributed by atoms with Gasteiger partial charge in [-0.25, -0.2) is 8.42 Å². The minimum atomic E-state index is -3.70. The normalized spacial score (nSPS) is 12.1. The number of nitrogens with zero attached hydrogens (tertiary/aromatic N) is 1. The Kier molecular flexibility index (Phi) is 7.48. The van der Waals surface area contributed by atoms with Crippen LogP contribution in [0.3, 0.4) is 0 Å². The number of nitrogens with one attached hydrogen (secondary N) is 1. The molecule has 2 aromatic rings. The van der Waals surface area contributed by atoms with Crippen LogP contribution in [0, 0.1) is 0 Å². The number of sulfonamides is 1. The van der Waals surface area contributed by atoms with E-state index < -0.39 is 22.0 Å². The molecule has 1 N–H and O–H groups in total. The average Bonchev–Trinajstić information content (AvgIpc) is 2.65. The highest BCUT2D eigenvalue weighted by atomic mass is 35.5. The highest BCUT2D eigenvalue weighted by molar-refractivity contribution is 7.92. The number of hydrogen-bond donors (Lipinski definition) is 1. The molecule has 0 aliphatic heterocycles. The summed E-state index contributed by atoms with van der Waals surface area (Å²) in [6.45, 7) is 5.72. The third kappa shape index (κ3) is 5.74. The standard InChI is InChI=1S/C20H23ClN2O4S/c1-4-14-27-18-12-8-16(9-13-18)22-20(24)19(5-2)23(28(3,25)26)17-10-6-15(21)7-11-17/h4,6-13,19H,1,5,14H2,2-3H3,(H,22,24)/t19-/m0/s1. The molecule has 0 spiro atoms. The molecular formula is C20H23ClN2O4S. The summed E-state index contributed by atoms with van der Waals surface area (Å²) in [5.41, 5.74) is 0.918. The lowest BCUT2D eigenvalue weighted by atomic mass is 10.2. The topological polar surface area (TPSA) is 75.7 Å². The van der Waals surface area contributed by atoms with Crippen molar-refractivity contribution in [3.63, 3.8) is 0 Å². The molecule has 8 heteroatoms. The van der Waals surface area contributed by atoms with Gasteiger partial charge in [0.2, 0.25) is 15.9 Å². The molecule has 0 aromatic heterocycles. The predicted molar refractivity (Wildman–Crippen MR) is 114 cm³/mol. The van der Waals surface area contributed by atoms with Crippen molar-refractivity contribution in [1.29, 1.82) is 0 Å². The highest BCUT2D eigenvalue weighted by Crippen LogP contribution is 2.25. The van der Waals surface area contributed by atoms with E-state index in [2.05, 4.69) is 11.9 Å². The molecule has 0 unspecified atom stereocenters. The van der Waals surface area contributed by atoms with Crippen LogP contribution in [0.1, 0.15) is 13.3 Å². The van der Waals surface area contributed by atoms with Crippen molar-refractivity contribution < 1.29 is 17.9 Å². The van der Waals surface area contributed by atoms with Gasteiger partial charge < -0.3 is 10.1 Å². The Labute approximate surface area is 170 Å². The van der Waals surface area contributed by atoms with Crippen LogP contribution in [0.4, 0.5) is 11.4 Å². The van der Waals surface area contributed by atoms with E-state index in [1.165, 1.54) is 0 Å². The number of carbonyl (C=O) groups excluding carboxylic acids is 1. The first-order valence-electron chi connectivity index (χ1n) is 8.66. The molecule has 0 saturated carbocycles. The minimum Gasteiger partial charge on any atom is -0.490 e. The fourth-order valence-corrected chi connectivity index (χ4v) is 4.00. The lowest BCUT2D eigenvalue weighted by molar-refractivity contribution is -0.117. The number of amides is 1. The van der Waals surface area contributed by atoms with Gasteiger partial charge in [-0.1, -0.05) is 31.2 Å². The summed E-state index contributed by atoms with van der Waals surface area (Å²) >= 11 is 5.90. The smallest absolute Gasteiger partial charge is 0.248 e. The third-order valence-corrected chi connectivity index (χ3v) is 5.33. The molecule has 0 saturated heterocycles. The summed E-state index contributed by atoms with van der Waals surface area (Å²) in [5.74, 6) is 0.214. The molecular weight excluding hydrogens is 400 g/mol. The number of benzene rings is 2. The molecule has 0 aliphatic carbocycles. The van der Waals surface area contributed by atoms with Gasteiger partial charge in [-0.05, 0) is 55.0 Å². The quantitative estimate of drug-likeness (QED) is 0.617. The van der Waals surface area contributed by atoms with Crippen molar-refractivity contribution in [1.82, 2.24) is 0 Å². The van der Waals surface area contributed by atoms with Gasteiger partial charge in [0.15, 0.2) is 0 Å². The molecule has 1 amide bonds. The van der Waals surface area contributed by atoms with Gasteiger partial charge >= 0.3 is 0 Å². The molecule has 0 bridgehead atoms. The molecule has 150 valence electrons. The van der Waals surface area contributed by atoms with Crippen molar-refractivity contribution in [3.8, 4) is 5.75 Å². The molecule has 0 fully saturated rings. The van der Waals surface area contributed by atoms with E-state index in [0.29, 0.717) is 35.2 Å². The van der Waals surface area contributed by atoms with Crippen LogP contribution in [-0.2, 0) is 14.8 Å². The number of hydrogen-bond acceptors (Lipinski definition) is 4. The Hall–Kier alpha value is -2.51. The van der Waals surface area contributed by atoms with Crippen LogP contribution in [0.25, 0.3) is 0 Å². The second-order valence-corrected chi connectivity index (χ2v) is 8.37. The van der Waals surface area contributed by atoms with Crippen LogP contribution in [0.15, 0.2) is 61.2 Å². The summed E-state index contributed by atoms with van der Waals surface area (Å²) in [7, 11) is -3.70. The van der Waals surface area contributed by atoms with Gasteiger partial charge in [-0.2, -0.15) is 0 Å². The summed E-state index contributed by atoms with van der Waals surface area (Å²) in [4.78, 5) is 12.8. The van der Waals surface area contributed by atoms with E-state index in [1.54, 1.807) is 61.5 Å². The molecule has 1 atom stereocenters. The van der Waals surface area contributed by atoms with Crippen molar-refractivity contribution in [2.75, 3.05) is 22.5 Å². The van der Waals surface area contributed by atoms with E-state index in [0.717, 1.165) is 10.6 Å². The fourth-order valence-electron chi connectivity index (χ4n) is 2.66. The van der Waals surface area contributed by atoms with E-state index in [1.807, 2.05) is 0 Å². The zero-order valence-corrected chi connectivity index (χ0v) is 17.3. The first kappa shape index (κ1) is 21.8. The Balaban J connectivity index is 2.24. The minimum absolute atomic E-state index is 0.294. The SMILES string of the molecule is C=CCOc1ccc(NC(=O)[C@H](CC)N(c2ccc(Cl)cc2)S(C)(=O)=O)cc1. The molecule has 0 radical (unpaired) electrons. The van der Waals surface area contributed by atoms with Crippen LogP contribution < -0.4 is 14.4 Å². The number of halogens is 1. The van der Waals surface area contributed by atoms with Gasteiger partial charge in [0.25, 0.3) is 0 Å². The maximum atomic E-state index is 12.8. The maximum absolute atomic E-state index is 12.8. The molecule has 28 heavy (non-hydrogen) atoms. The number of carbonyl (C=O) groups is 1. The first-order valence-corrected chi connectivity index (χ1v) is 10.9. The average molecular weight is 423 g/mol.